The molecule has 0 aliphatic rings. The lowest BCUT2D eigenvalue weighted by atomic mass is 10.1. The van der Waals surface area contributed by atoms with Crippen LogP contribution in [0.25, 0.3) is 0 Å². The molecule has 0 saturated heterocycles. The molecule has 1 heterocycles. The van der Waals surface area contributed by atoms with Gasteiger partial charge in [-0.25, -0.2) is 19.1 Å². The average molecular weight is 369 g/mol. The average Bonchev–Trinajstić information content (AvgIpc) is 3.09. The second kappa shape index (κ2) is 9.79. The van der Waals surface area contributed by atoms with Gasteiger partial charge in [0, 0.05) is 25.9 Å². The summed E-state index contributed by atoms with van der Waals surface area (Å²) >= 11 is 0. The number of aromatic nitrogens is 2. The van der Waals surface area contributed by atoms with Crippen molar-refractivity contribution in [2.24, 2.45) is 0 Å². The standard InChI is InChI=1S/C17H27N3O6/c1-17(2,3)26-15(22)19(4)13(7-6-8-14(21)24-5)11-25-16(23)20-10-9-18-12-20/h9-10,12-13H,6-8,11H2,1-5H3/t13-/m1/s1. The van der Waals surface area contributed by atoms with Crippen LogP contribution < -0.4 is 0 Å². The van der Waals surface area contributed by atoms with Crippen molar-refractivity contribution in [3.8, 4) is 0 Å². The van der Waals surface area contributed by atoms with E-state index < -0.39 is 23.8 Å². The zero-order chi connectivity index (χ0) is 19.7. The smallest absolute Gasteiger partial charge is 0.419 e. The molecule has 1 amide bonds. The number of likely N-dealkylation sites (N-methyl/N-ethyl adjacent to an activating group) is 1. The predicted molar refractivity (Wildman–Crippen MR) is 92.6 cm³/mol. The van der Waals surface area contributed by atoms with Crippen LogP contribution in [0.3, 0.4) is 0 Å². The molecule has 146 valence electrons. The molecular weight excluding hydrogens is 342 g/mol. The molecule has 26 heavy (non-hydrogen) atoms. The summed E-state index contributed by atoms with van der Waals surface area (Å²) in [5.41, 5.74) is -0.643. The molecule has 0 unspecified atom stereocenters. The number of nitrogens with zero attached hydrogens (tertiary/aromatic N) is 3. The number of esters is 1. The van der Waals surface area contributed by atoms with Crippen molar-refractivity contribution in [2.75, 3.05) is 20.8 Å². The van der Waals surface area contributed by atoms with E-state index in [2.05, 4.69) is 9.72 Å². The van der Waals surface area contributed by atoms with Crippen molar-refractivity contribution in [2.45, 2.75) is 51.7 Å². The number of carbonyl (C=O) groups excluding carboxylic acids is 3. The lowest BCUT2D eigenvalue weighted by Gasteiger charge is -2.30. The quantitative estimate of drug-likeness (QED) is 0.537. The number of amides is 1. The first-order valence-electron chi connectivity index (χ1n) is 8.31. The zero-order valence-electron chi connectivity index (χ0n) is 15.9. The third kappa shape index (κ3) is 7.54. The summed E-state index contributed by atoms with van der Waals surface area (Å²) in [7, 11) is 2.89. The van der Waals surface area contributed by atoms with Gasteiger partial charge in [-0.05, 0) is 33.6 Å². The van der Waals surface area contributed by atoms with E-state index in [0.717, 1.165) is 0 Å². The maximum Gasteiger partial charge on any atom is 0.419 e. The fraction of sp³-hybridized carbons (Fsp3) is 0.647. The molecule has 0 N–H and O–H groups in total. The molecule has 0 bridgehead atoms. The highest BCUT2D eigenvalue weighted by Gasteiger charge is 2.26. The van der Waals surface area contributed by atoms with Gasteiger partial charge >= 0.3 is 18.2 Å². The minimum atomic E-state index is -0.643. The molecule has 0 aliphatic heterocycles. The molecule has 1 atom stereocenters. The fourth-order valence-electron chi connectivity index (χ4n) is 2.07. The third-order valence-electron chi connectivity index (χ3n) is 3.49. The van der Waals surface area contributed by atoms with E-state index in [1.165, 1.54) is 35.3 Å². The van der Waals surface area contributed by atoms with Gasteiger partial charge in [0.1, 0.15) is 18.5 Å². The van der Waals surface area contributed by atoms with Gasteiger partial charge in [-0.1, -0.05) is 0 Å². The van der Waals surface area contributed by atoms with Gasteiger partial charge in [-0.3, -0.25) is 4.79 Å². The number of methoxy groups -OCH3 is 1. The van der Waals surface area contributed by atoms with Crippen LogP contribution in [-0.4, -0.2) is 65.0 Å². The van der Waals surface area contributed by atoms with Crippen LogP contribution >= 0.6 is 0 Å². The molecule has 9 nitrogen and oxygen atoms in total. The second-order valence-corrected chi connectivity index (χ2v) is 6.76. The Kier molecular flexibility index (Phi) is 8.08. The van der Waals surface area contributed by atoms with Crippen LogP contribution in [-0.2, 0) is 19.0 Å². The second-order valence-electron chi connectivity index (χ2n) is 6.76. The van der Waals surface area contributed by atoms with Crippen molar-refractivity contribution < 1.29 is 28.6 Å². The van der Waals surface area contributed by atoms with Gasteiger partial charge in [-0.2, -0.15) is 0 Å². The van der Waals surface area contributed by atoms with Crippen molar-refractivity contribution in [3.63, 3.8) is 0 Å². The van der Waals surface area contributed by atoms with Crippen molar-refractivity contribution in [1.29, 1.82) is 0 Å². The maximum atomic E-state index is 12.3. The summed E-state index contributed by atoms with van der Waals surface area (Å²) in [6, 6.07) is -0.443. The molecule has 0 spiro atoms. The van der Waals surface area contributed by atoms with Gasteiger partial charge in [0.05, 0.1) is 13.2 Å². The van der Waals surface area contributed by atoms with Gasteiger partial charge in [0.2, 0.25) is 0 Å². The molecule has 1 rings (SSSR count). The first-order valence-corrected chi connectivity index (χ1v) is 8.31. The Morgan fingerprint density at radius 3 is 2.50 bits per heavy atom. The molecular formula is C17H27N3O6. The van der Waals surface area contributed by atoms with Gasteiger partial charge < -0.3 is 19.1 Å². The van der Waals surface area contributed by atoms with E-state index in [9.17, 15) is 14.4 Å². The molecule has 9 heteroatoms. The number of hydrogen-bond donors (Lipinski definition) is 0. The zero-order valence-corrected chi connectivity index (χ0v) is 15.9. The summed E-state index contributed by atoms with van der Waals surface area (Å²) in [6.07, 6.45) is 4.26. The fourth-order valence-corrected chi connectivity index (χ4v) is 2.07. The van der Waals surface area contributed by atoms with Crippen LogP contribution in [0, 0.1) is 0 Å². The van der Waals surface area contributed by atoms with E-state index in [1.54, 1.807) is 27.8 Å². The molecule has 1 aromatic heterocycles. The summed E-state index contributed by atoms with van der Waals surface area (Å²) < 4.78 is 16.4. The maximum absolute atomic E-state index is 12.3. The Hall–Kier alpha value is -2.58. The van der Waals surface area contributed by atoms with E-state index in [0.29, 0.717) is 12.8 Å². The van der Waals surface area contributed by atoms with Crippen LogP contribution in [0.1, 0.15) is 40.0 Å². The summed E-state index contributed by atoms with van der Waals surface area (Å²) in [6.45, 7) is 5.27. The van der Waals surface area contributed by atoms with E-state index in [1.807, 2.05) is 0 Å². The molecule has 0 saturated carbocycles. The third-order valence-corrected chi connectivity index (χ3v) is 3.49. The largest absolute Gasteiger partial charge is 0.469 e. The highest BCUT2D eigenvalue weighted by molar-refractivity contribution is 5.71. The van der Waals surface area contributed by atoms with Crippen LogP contribution in [0.4, 0.5) is 9.59 Å². The molecule has 0 fully saturated rings. The summed E-state index contributed by atoms with van der Waals surface area (Å²) in [4.78, 5) is 40.7. The monoisotopic (exact) mass is 369 g/mol. The predicted octanol–water partition coefficient (Wildman–Crippen LogP) is 2.45. The number of rotatable bonds is 7. The Bertz CT molecular complexity index is 594. The van der Waals surface area contributed by atoms with Gasteiger partial charge in [-0.15, -0.1) is 0 Å². The molecule has 0 radical (unpaired) electrons. The normalized spacial score (nSPS) is 12.2. The Balaban J connectivity index is 2.68. The van der Waals surface area contributed by atoms with Crippen molar-refractivity contribution >= 4 is 18.2 Å². The van der Waals surface area contributed by atoms with Crippen molar-refractivity contribution in [3.05, 3.63) is 18.7 Å². The SMILES string of the molecule is COC(=O)CCC[C@H](COC(=O)n1ccnc1)N(C)C(=O)OC(C)(C)C. The molecule has 1 aromatic rings. The lowest BCUT2D eigenvalue weighted by molar-refractivity contribution is -0.140. The number of carbonyl (C=O) groups is 3. The molecule has 0 aliphatic carbocycles. The van der Waals surface area contributed by atoms with Crippen LogP contribution in [0.15, 0.2) is 18.7 Å². The Morgan fingerprint density at radius 2 is 1.96 bits per heavy atom. The Morgan fingerprint density at radius 1 is 1.27 bits per heavy atom. The number of ether oxygens (including phenoxy) is 3. The minimum absolute atomic E-state index is 0.0338. The lowest BCUT2D eigenvalue weighted by Crippen LogP contribution is -2.43. The van der Waals surface area contributed by atoms with Gasteiger partial charge in [0.15, 0.2) is 0 Å². The number of hydrogen-bond acceptors (Lipinski definition) is 7. The molecule has 0 aromatic carbocycles. The first kappa shape index (κ1) is 21.5. The van der Waals surface area contributed by atoms with E-state index >= 15 is 0 Å². The first-order chi connectivity index (χ1) is 12.1. The van der Waals surface area contributed by atoms with Gasteiger partial charge in [0.25, 0.3) is 0 Å². The van der Waals surface area contributed by atoms with Crippen molar-refractivity contribution in [1.82, 2.24) is 14.5 Å². The van der Waals surface area contributed by atoms with Crippen LogP contribution in [0.5, 0.6) is 0 Å². The Labute approximate surface area is 153 Å². The number of imidazole rings is 1. The highest BCUT2D eigenvalue weighted by Crippen LogP contribution is 2.15. The van der Waals surface area contributed by atoms with E-state index in [-0.39, 0.29) is 19.0 Å². The summed E-state index contributed by atoms with van der Waals surface area (Å²) in [5.74, 6) is -0.334. The van der Waals surface area contributed by atoms with E-state index in [4.69, 9.17) is 9.47 Å². The highest BCUT2D eigenvalue weighted by atomic mass is 16.6. The summed E-state index contributed by atoms with van der Waals surface area (Å²) in [5, 5.41) is 0. The minimum Gasteiger partial charge on any atom is -0.469 e. The van der Waals surface area contributed by atoms with Crippen LogP contribution in [0.2, 0.25) is 0 Å². The topological polar surface area (TPSA) is 100.0 Å².